The molecule has 33 heavy (non-hydrogen) atoms. The number of carbonyl (C=O) groups excluding carboxylic acids is 2. The lowest BCUT2D eigenvalue weighted by atomic mass is 10.2. The Bertz CT molecular complexity index is 1260. The van der Waals surface area contributed by atoms with Gasteiger partial charge in [0, 0.05) is 38.0 Å². The van der Waals surface area contributed by atoms with Crippen LogP contribution in [0.3, 0.4) is 0 Å². The summed E-state index contributed by atoms with van der Waals surface area (Å²) in [5.74, 6) is -0.411. The standard InChI is InChI=1S/C22H25N5O5S/c1-4-27(5-2)33(30,31)18-12-19(26(3)14-18)22(29)25-16-9-10-20(24-13-16)32-17-8-6-7-15(11-17)21(23)28/h6-14H,4-5H2,1-3H3,(H2,23,28)(H,25,29). The van der Waals surface area contributed by atoms with E-state index in [-0.39, 0.29) is 16.5 Å². The number of nitrogens with zero attached hydrogens (tertiary/aromatic N) is 3. The molecule has 0 saturated carbocycles. The molecule has 0 aliphatic carbocycles. The first-order valence-corrected chi connectivity index (χ1v) is 11.6. The van der Waals surface area contributed by atoms with E-state index in [1.165, 1.54) is 33.4 Å². The molecule has 3 aromatic rings. The number of rotatable bonds is 9. The van der Waals surface area contributed by atoms with Crippen molar-refractivity contribution in [2.24, 2.45) is 12.8 Å². The molecule has 1 aromatic carbocycles. The van der Waals surface area contributed by atoms with Crippen molar-refractivity contribution in [1.82, 2.24) is 13.9 Å². The molecule has 0 atom stereocenters. The van der Waals surface area contributed by atoms with E-state index in [2.05, 4.69) is 10.3 Å². The van der Waals surface area contributed by atoms with Crippen LogP contribution in [0.5, 0.6) is 11.6 Å². The van der Waals surface area contributed by atoms with Crippen LogP contribution in [0.2, 0.25) is 0 Å². The van der Waals surface area contributed by atoms with Crippen LogP contribution in [0, 0.1) is 0 Å². The predicted octanol–water partition coefficient (Wildman–Crippen LogP) is 2.59. The zero-order valence-electron chi connectivity index (χ0n) is 18.5. The van der Waals surface area contributed by atoms with E-state index in [4.69, 9.17) is 10.5 Å². The Hall–Kier alpha value is -3.70. The molecule has 11 heteroatoms. The van der Waals surface area contributed by atoms with Gasteiger partial charge in [-0.15, -0.1) is 0 Å². The number of primary amides is 1. The second-order valence-electron chi connectivity index (χ2n) is 7.09. The van der Waals surface area contributed by atoms with Gasteiger partial charge in [-0.05, 0) is 30.3 Å². The number of hydrogen-bond donors (Lipinski definition) is 2. The Kier molecular flexibility index (Phi) is 7.14. The zero-order valence-corrected chi connectivity index (χ0v) is 19.3. The van der Waals surface area contributed by atoms with Crippen LogP contribution < -0.4 is 15.8 Å². The SMILES string of the molecule is CCN(CC)S(=O)(=O)c1cc(C(=O)Nc2ccc(Oc3cccc(C(N)=O)c3)nc2)n(C)c1. The predicted molar refractivity (Wildman–Crippen MR) is 123 cm³/mol. The highest BCUT2D eigenvalue weighted by atomic mass is 32.2. The Balaban J connectivity index is 1.72. The fraction of sp³-hybridized carbons (Fsp3) is 0.227. The van der Waals surface area contributed by atoms with E-state index in [1.807, 2.05) is 0 Å². The summed E-state index contributed by atoms with van der Waals surface area (Å²) in [4.78, 5) is 28.2. The van der Waals surface area contributed by atoms with Crippen molar-refractivity contribution in [3.8, 4) is 11.6 Å². The van der Waals surface area contributed by atoms with Crippen molar-refractivity contribution < 1.29 is 22.7 Å². The highest BCUT2D eigenvalue weighted by molar-refractivity contribution is 7.89. The number of anilines is 1. The zero-order chi connectivity index (χ0) is 24.2. The number of sulfonamides is 1. The summed E-state index contributed by atoms with van der Waals surface area (Å²) in [6, 6.07) is 10.9. The van der Waals surface area contributed by atoms with Gasteiger partial charge in [-0.1, -0.05) is 19.9 Å². The smallest absolute Gasteiger partial charge is 0.272 e. The number of carbonyl (C=O) groups is 2. The third-order valence-corrected chi connectivity index (χ3v) is 6.91. The van der Waals surface area contributed by atoms with Gasteiger partial charge in [0.2, 0.25) is 21.8 Å². The van der Waals surface area contributed by atoms with Gasteiger partial charge < -0.3 is 20.4 Å². The van der Waals surface area contributed by atoms with E-state index in [9.17, 15) is 18.0 Å². The Labute approximate surface area is 192 Å². The van der Waals surface area contributed by atoms with Crippen molar-refractivity contribution >= 4 is 27.5 Å². The normalized spacial score (nSPS) is 11.4. The van der Waals surface area contributed by atoms with E-state index in [0.29, 0.717) is 30.1 Å². The number of nitrogens with two attached hydrogens (primary N) is 1. The molecule has 0 fully saturated rings. The Morgan fingerprint density at radius 3 is 2.48 bits per heavy atom. The molecule has 0 saturated heterocycles. The average molecular weight is 472 g/mol. The molecular formula is C22H25N5O5S. The highest BCUT2D eigenvalue weighted by Gasteiger charge is 2.25. The number of pyridine rings is 1. The van der Waals surface area contributed by atoms with E-state index < -0.39 is 21.8 Å². The number of hydrogen-bond acceptors (Lipinski definition) is 6. The first-order chi connectivity index (χ1) is 15.6. The van der Waals surface area contributed by atoms with Gasteiger partial charge in [-0.25, -0.2) is 13.4 Å². The maximum absolute atomic E-state index is 12.7. The minimum Gasteiger partial charge on any atom is -0.439 e. The third-order valence-electron chi connectivity index (χ3n) is 4.89. The van der Waals surface area contributed by atoms with Crippen molar-refractivity contribution in [1.29, 1.82) is 0 Å². The van der Waals surface area contributed by atoms with E-state index >= 15 is 0 Å². The van der Waals surface area contributed by atoms with Crippen molar-refractivity contribution in [2.45, 2.75) is 18.7 Å². The average Bonchev–Trinajstić information content (AvgIpc) is 3.18. The summed E-state index contributed by atoms with van der Waals surface area (Å²) in [7, 11) is -2.08. The maximum Gasteiger partial charge on any atom is 0.272 e. The van der Waals surface area contributed by atoms with Crippen LogP contribution in [0.25, 0.3) is 0 Å². The van der Waals surface area contributed by atoms with Gasteiger partial charge in [0.1, 0.15) is 16.3 Å². The highest BCUT2D eigenvalue weighted by Crippen LogP contribution is 2.23. The lowest BCUT2D eigenvalue weighted by Gasteiger charge is -2.17. The molecular weight excluding hydrogens is 446 g/mol. The van der Waals surface area contributed by atoms with Crippen molar-refractivity contribution in [2.75, 3.05) is 18.4 Å². The van der Waals surface area contributed by atoms with E-state index in [1.54, 1.807) is 51.2 Å². The summed E-state index contributed by atoms with van der Waals surface area (Å²) in [5.41, 5.74) is 6.15. The lowest BCUT2D eigenvalue weighted by molar-refractivity contribution is 0.0996. The molecule has 0 aliphatic heterocycles. The third kappa shape index (κ3) is 5.38. The molecule has 2 heterocycles. The second-order valence-corrected chi connectivity index (χ2v) is 9.03. The maximum atomic E-state index is 12.7. The topological polar surface area (TPSA) is 137 Å². The van der Waals surface area contributed by atoms with Crippen LogP contribution in [-0.2, 0) is 17.1 Å². The number of aryl methyl sites for hydroxylation is 1. The van der Waals surface area contributed by atoms with Crippen LogP contribution in [0.15, 0.2) is 59.8 Å². The van der Waals surface area contributed by atoms with Gasteiger partial charge in [0.15, 0.2) is 0 Å². The fourth-order valence-corrected chi connectivity index (χ4v) is 4.69. The minimum atomic E-state index is -3.68. The van der Waals surface area contributed by atoms with Gasteiger partial charge in [-0.3, -0.25) is 9.59 Å². The molecule has 174 valence electrons. The van der Waals surface area contributed by atoms with Crippen LogP contribution in [-0.4, -0.2) is 47.2 Å². The lowest BCUT2D eigenvalue weighted by Crippen LogP contribution is -2.30. The van der Waals surface area contributed by atoms with Crippen LogP contribution in [0.1, 0.15) is 34.7 Å². The van der Waals surface area contributed by atoms with Crippen LogP contribution in [0.4, 0.5) is 5.69 Å². The number of nitrogens with one attached hydrogen (secondary N) is 1. The van der Waals surface area contributed by atoms with Gasteiger partial charge in [0.25, 0.3) is 5.91 Å². The fourth-order valence-electron chi connectivity index (χ4n) is 3.16. The van der Waals surface area contributed by atoms with Gasteiger partial charge in [0.05, 0.1) is 11.9 Å². The summed E-state index contributed by atoms with van der Waals surface area (Å²) >= 11 is 0. The first kappa shape index (κ1) is 24.0. The molecule has 3 N–H and O–H groups in total. The Morgan fingerprint density at radius 1 is 1.15 bits per heavy atom. The van der Waals surface area contributed by atoms with Crippen LogP contribution >= 0.6 is 0 Å². The molecule has 2 aromatic heterocycles. The monoisotopic (exact) mass is 471 g/mol. The second kappa shape index (κ2) is 9.84. The van der Waals surface area contributed by atoms with Gasteiger partial charge >= 0.3 is 0 Å². The number of aromatic nitrogens is 2. The largest absolute Gasteiger partial charge is 0.439 e. The Morgan fingerprint density at radius 2 is 1.88 bits per heavy atom. The van der Waals surface area contributed by atoms with Crippen molar-refractivity contribution in [3.05, 3.63) is 66.1 Å². The molecule has 0 spiro atoms. The molecule has 2 amide bonds. The van der Waals surface area contributed by atoms with Crippen molar-refractivity contribution in [3.63, 3.8) is 0 Å². The number of amides is 2. The summed E-state index contributed by atoms with van der Waals surface area (Å²) in [6.07, 6.45) is 2.82. The summed E-state index contributed by atoms with van der Waals surface area (Å²) in [5, 5.41) is 2.69. The molecule has 3 rings (SSSR count). The summed E-state index contributed by atoms with van der Waals surface area (Å²) < 4.78 is 33.8. The number of ether oxygens (including phenoxy) is 1. The van der Waals surface area contributed by atoms with E-state index in [0.717, 1.165) is 0 Å². The number of benzene rings is 1. The quantitative estimate of drug-likeness (QED) is 0.492. The molecule has 0 bridgehead atoms. The molecule has 0 radical (unpaired) electrons. The molecule has 0 aliphatic rings. The summed E-state index contributed by atoms with van der Waals surface area (Å²) in [6.45, 7) is 4.18. The minimum absolute atomic E-state index is 0.0546. The molecule has 10 nitrogen and oxygen atoms in total. The van der Waals surface area contributed by atoms with Gasteiger partial charge in [-0.2, -0.15) is 4.31 Å². The molecule has 0 unspecified atom stereocenters. The first-order valence-electron chi connectivity index (χ1n) is 10.2.